The van der Waals surface area contributed by atoms with Crippen LogP contribution in [0.5, 0.6) is 0 Å². The SMILES string of the molecule is CCN1/C(=C/C=C(Cl)\C=C\c2ccc3ccccc3[n+]2CC)C=Cc2ccccc21.[Br-]. The Hall–Kier alpha value is -2.62. The highest BCUT2D eigenvalue weighted by Gasteiger charge is 2.14. The second kappa shape index (κ2) is 10.6. The number of benzene rings is 2. The average Bonchev–Trinajstić information content (AvgIpc) is 2.80. The fraction of sp³-hybridized carbons (Fsp3) is 0.148. The van der Waals surface area contributed by atoms with E-state index in [1.807, 2.05) is 12.2 Å². The van der Waals surface area contributed by atoms with Gasteiger partial charge < -0.3 is 21.9 Å². The molecule has 0 radical (unpaired) electrons. The Labute approximate surface area is 200 Å². The summed E-state index contributed by atoms with van der Waals surface area (Å²) in [7, 11) is 0. The molecule has 0 fully saturated rings. The molecule has 1 aromatic heterocycles. The van der Waals surface area contributed by atoms with Crippen molar-refractivity contribution in [1.82, 2.24) is 0 Å². The van der Waals surface area contributed by atoms with Gasteiger partial charge in [-0.2, -0.15) is 4.57 Å². The van der Waals surface area contributed by atoms with Gasteiger partial charge in [-0.05, 0) is 61.9 Å². The van der Waals surface area contributed by atoms with Gasteiger partial charge in [-0.1, -0.05) is 48.0 Å². The van der Waals surface area contributed by atoms with Crippen molar-refractivity contribution < 1.29 is 21.5 Å². The topological polar surface area (TPSA) is 7.12 Å². The van der Waals surface area contributed by atoms with Crippen molar-refractivity contribution in [1.29, 1.82) is 0 Å². The summed E-state index contributed by atoms with van der Waals surface area (Å²) >= 11 is 6.53. The van der Waals surface area contributed by atoms with Gasteiger partial charge in [0.25, 0.3) is 0 Å². The molecule has 2 heterocycles. The highest BCUT2D eigenvalue weighted by atomic mass is 79.9. The second-order valence-electron chi connectivity index (χ2n) is 7.17. The predicted octanol–water partition coefficient (Wildman–Crippen LogP) is 3.72. The van der Waals surface area contributed by atoms with Crippen LogP contribution in [-0.2, 0) is 6.54 Å². The van der Waals surface area contributed by atoms with Crippen LogP contribution in [0.3, 0.4) is 0 Å². The Bertz CT molecular complexity index is 1190. The molecule has 0 spiro atoms. The molecule has 0 atom stereocenters. The van der Waals surface area contributed by atoms with Gasteiger partial charge in [0.2, 0.25) is 11.2 Å². The number of rotatable bonds is 5. The molecule has 0 saturated heterocycles. The van der Waals surface area contributed by atoms with Crippen LogP contribution in [-0.4, -0.2) is 6.54 Å². The van der Waals surface area contributed by atoms with Crippen molar-refractivity contribution in [2.24, 2.45) is 0 Å². The number of nitrogens with zero attached hydrogens (tertiary/aromatic N) is 2. The molecule has 3 aromatic rings. The maximum atomic E-state index is 6.53. The molecule has 0 unspecified atom stereocenters. The zero-order chi connectivity index (χ0) is 20.9. The van der Waals surface area contributed by atoms with E-state index in [0.717, 1.165) is 24.5 Å². The van der Waals surface area contributed by atoms with Crippen LogP contribution in [0.1, 0.15) is 25.1 Å². The van der Waals surface area contributed by atoms with Crippen molar-refractivity contribution in [3.63, 3.8) is 0 Å². The number of allylic oxidation sites excluding steroid dienone is 5. The highest BCUT2D eigenvalue weighted by molar-refractivity contribution is 6.31. The zero-order valence-corrected chi connectivity index (χ0v) is 20.1. The summed E-state index contributed by atoms with van der Waals surface area (Å²) in [6.45, 7) is 6.14. The number of aryl methyl sites for hydroxylation is 1. The van der Waals surface area contributed by atoms with E-state index >= 15 is 0 Å². The number of likely N-dealkylation sites (N-methyl/N-ethyl adjacent to an activating group) is 1. The van der Waals surface area contributed by atoms with Crippen molar-refractivity contribution in [3.8, 4) is 0 Å². The van der Waals surface area contributed by atoms with Crippen LogP contribution in [0.4, 0.5) is 5.69 Å². The van der Waals surface area contributed by atoms with Crippen molar-refractivity contribution in [2.75, 3.05) is 11.4 Å². The molecule has 0 bridgehead atoms. The van der Waals surface area contributed by atoms with Gasteiger partial charge in [0.05, 0.1) is 0 Å². The number of pyridine rings is 1. The van der Waals surface area contributed by atoms with E-state index in [1.165, 1.54) is 22.2 Å². The third-order valence-electron chi connectivity index (χ3n) is 5.40. The zero-order valence-electron chi connectivity index (χ0n) is 17.8. The van der Waals surface area contributed by atoms with Gasteiger partial charge >= 0.3 is 0 Å². The standard InChI is InChI=1S/C27H26ClN2.BrH/c1-3-29-24(17-13-21-9-5-7-11-26(21)29)19-15-23(28)16-20-25-18-14-22-10-6-8-12-27(22)30(25)4-2;/h5-20H,3-4H2,1-2H3;1H/q+1;/p-1. The van der Waals surface area contributed by atoms with Crippen molar-refractivity contribution in [3.05, 3.63) is 107 Å². The minimum atomic E-state index is 0. The van der Waals surface area contributed by atoms with Crippen LogP contribution in [0.25, 0.3) is 23.1 Å². The molecule has 1 aliphatic heterocycles. The lowest BCUT2D eigenvalue weighted by atomic mass is 10.1. The normalized spacial score (nSPS) is 14.9. The summed E-state index contributed by atoms with van der Waals surface area (Å²) in [4.78, 5) is 2.30. The molecule has 0 aliphatic carbocycles. The maximum absolute atomic E-state index is 6.53. The van der Waals surface area contributed by atoms with E-state index in [2.05, 4.69) is 108 Å². The molecule has 158 valence electrons. The number of fused-ring (bicyclic) bond motifs is 2. The molecule has 4 heteroatoms. The van der Waals surface area contributed by atoms with Crippen LogP contribution >= 0.6 is 11.6 Å². The second-order valence-corrected chi connectivity index (χ2v) is 7.61. The first-order chi connectivity index (χ1) is 14.7. The lowest BCUT2D eigenvalue weighted by Gasteiger charge is -2.29. The third-order valence-corrected chi connectivity index (χ3v) is 5.66. The van der Waals surface area contributed by atoms with Crippen LogP contribution in [0, 0.1) is 0 Å². The number of halogens is 2. The molecule has 2 nitrogen and oxygen atoms in total. The van der Waals surface area contributed by atoms with E-state index in [0.29, 0.717) is 5.03 Å². The summed E-state index contributed by atoms with van der Waals surface area (Å²) in [6.07, 6.45) is 12.4. The van der Waals surface area contributed by atoms with Gasteiger partial charge in [-0.25, -0.2) is 0 Å². The monoisotopic (exact) mass is 492 g/mol. The van der Waals surface area contributed by atoms with Gasteiger partial charge in [-0.3, -0.25) is 0 Å². The Morgan fingerprint density at radius 3 is 2.55 bits per heavy atom. The Kier molecular flexibility index (Phi) is 7.89. The molecule has 2 aromatic carbocycles. The fourth-order valence-corrected chi connectivity index (χ4v) is 4.07. The minimum absolute atomic E-state index is 0. The molecule has 0 N–H and O–H groups in total. The Morgan fingerprint density at radius 2 is 1.74 bits per heavy atom. The Morgan fingerprint density at radius 1 is 0.968 bits per heavy atom. The number of para-hydroxylation sites is 2. The minimum Gasteiger partial charge on any atom is -1.00 e. The van der Waals surface area contributed by atoms with Gasteiger partial charge in [0.15, 0.2) is 0 Å². The average molecular weight is 494 g/mol. The lowest BCUT2D eigenvalue weighted by Crippen LogP contribution is -3.00. The van der Waals surface area contributed by atoms with Crippen LogP contribution < -0.4 is 26.4 Å². The van der Waals surface area contributed by atoms with Crippen molar-refractivity contribution in [2.45, 2.75) is 20.4 Å². The quantitative estimate of drug-likeness (QED) is 0.388. The first kappa shape index (κ1) is 23.1. The first-order valence-corrected chi connectivity index (χ1v) is 10.8. The van der Waals surface area contributed by atoms with Crippen LogP contribution in [0.15, 0.2) is 95.7 Å². The Balaban J connectivity index is 0.00000272. The number of aromatic nitrogens is 1. The summed E-state index contributed by atoms with van der Waals surface area (Å²) < 4.78 is 2.30. The largest absolute Gasteiger partial charge is 1.00 e. The summed E-state index contributed by atoms with van der Waals surface area (Å²) in [5.41, 5.74) is 5.98. The van der Waals surface area contributed by atoms with E-state index in [-0.39, 0.29) is 17.0 Å². The van der Waals surface area contributed by atoms with Gasteiger partial charge in [-0.15, -0.1) is 0 Å². The summed E-state index contributed by atoms with van der Waals surface area (Å²) in [5.74, 6) is 0. The van der Waals surface area contributed by atoms with Crippen molar-refractivity contribution >= 4 is 40.3 Å². The number of hydrogen-bond donors (Lipinski definition) is 0. The molecule has 0 amide bonds. The van der Waals surface area contributed by atoms with Gasteiger partial charge in [0.1, 0.15) is 6.54 Å². The molecular formula is C27H26BrClN2. The molecule has 0 saturated carbocycles. The highest BCUT2D eigenvalue weighted by Crippen LogP contribution is 2.30. The smallest absolute Gasteiger partial charge is 0.212 e. The van der Waals surface area contributed by atoms with E-state index in [9.17, 15) is 0 Å². The molecule has 1 aliphatic rings. The summed E-state index contributed by atoms with van der Waals surface area (Å²) in [6, 6.07) is 21.2. The first-order valence-electron chi connectivity index (χ1n) is 10.4. The summed E-state index contributed by atoms with van der Waals surface area (Å²) in [5, 5.41) is 1.94. The van der Waals surface area contributed by atoms with E-state index < -0.39 is 0 Å². The third kappa shape index (κ3) is 5.00. The van der Waals surface area contributed by atoms with E-state index in [4.69, 9.17) is 11.6 Å². The lowest BCUT2D eigenvalue weighted by molar-refractivity contribution is -0.669. The predicted molar refractivity (Wildman–Crippen MR) is 129 cm³/mol. The molecule has 4 rings (SSSR count). The maximum Gasteiger partial charge on any atom is 0.212 e. The number of anilines is 1. The van der Waals surface area contributed by atoms with Crippen LogP contribution in [0.2, 0.25) is 0 Å². The molecular weight excluding hydrogens is 468 g/mol. The van der Waals surface area contributed by atoms with Gasteiger partial charge in [0, 0.05) is 46.6 Å². The van der Waals surface area contributed by atoms with E-state index in [1.54, 1.807) is 0 Å². The molecule has 31 heavy (non-hydrogen) atoms. The number of hydrogen-bond acceptors (Lipinski definition) is 1. The fourth-order valence-electron chi connectivity index (χ4n) is 3.94.